The van der Waals surface area contributed by atoms with Crippen LogP contribution in [0.25, 0.3) is 22.3 Å². The first kappa shape index (κ1) is 18.8. The normalized spacial score (nSPS) is 20.3. The Morgan fingerprint density at radius 3 is 2.87 bits per heavy atom. The van der Waals surface area contributed by atoms with E-state index in [4.69, 9.17) is 9.72 Å². The topological polar surface area (TPSA) is 90.5 Å². The van der Waals surface area contributed by atoms with E-state index in [1.165, 1.54) is 0 Å². The first-order valence-corrected chi connectivity index (χ1v) is 10.2. The van der Waals surface area contributed by atoms with Crippen LogP contribution in [0.1, 0.15) is 6.92 Å². The third-order valence-electron chi connectivity index (χ3n) is 5.91. The molecule has 30 heavy (non-hydrogen) atoms. The maximum atomic E-state index is 12.4. The second-order valence-electron chi connectivity index (χ2n) is 7.88. The van der Waals surface area contributed by atoms with Crippen LogP contribution in [0, 0.1) is 0 Å². The van der Waals surface area contributed by atoms with Gasteiger partial charge in [0.2, 0.25) is 5.91 Å². The van der Waals surface area contributed by atoms with Crippen LogP contribution in [0.15, 0.2) is 30.6 Å². The van der Waals surface area contributed by atoms with E-state index in [0.717, 1.165) is 46.9 Å². The van der Waals surface area contributed by atoms with Gasteiger partial charge in [-0.15, -0.1) is 0 Å². The molecule has 1 amide bonds. The van der Waals surface area contributed by atoms with Gasteiger partial charge < -0.3 is 19.4 Å². The summed E-state index contributed by atoms with van der Waals surface area (Å²) in [5.74, 6) is 1.00. The highest BCUT2D eigenvalue weighted by Gasteiger charge is 2.27. The summed E-state index contributed by atoms with van der Waals surface area (Å²) in [7, 11) is 1.85. The summed E-state index contributed by atoms with van der Waals surface area (Å²) in [5.41, 5.74) is 3.40. The standard InChI is InChI=1S/C21H25N7O2/c1-14-13-30-10-9-28(14)18-11-17(27-8-7-26(2)19(29)12-27)15-3-5-22-21(20(15)24-18)16-4-6-23-25-16/h3-6,11,14H,7-10,12-13H2,1-2H3,(H,23,25)/t14-/m1/s1. The minimum absolute atomic E-state index is 0.121. The molecule has 0 unspecified atom stereocenters. The minimum Gasteiger partial charge on any atom is -0.377 e. The van der Waals surface area contributed by atoms with Crippen molar-refractivity contribution in [3.05, 3.63) is 30.6 Å². The number of morpholine rings is 1. The van der Waals surface area contributed by atoms with Crippen molar-refractivity contribution in [1.29, 1.82) is 0 Å². The lowest BCUT2D eigenvalue weighted by atomic mass is 10.1. The van der Waals surface area contributed by atoms with E-state index < -0.39 is 0 Å². The van der Waals surface area contributed by atoms with Crippen molar-refractivity contribution >= 4 is 28.3 Å². The highest BCUT2D eigenvalue weighted by atomic mass is 16.5. The number of rotatable bonds is 3. The molecule has 2 fully saturated rings. The predicted molar refractivity (Wildman–Crippen MR) is 115 cm³/mol. The van der Waals surface area contributed by atoms with E-state index in [9.17, 15) is 4.79 Å². The van der Waals surface area contributed by atoms with Crippen LogP contribution in [0.2, 0.25) is 0 Å². The zero-order valence-corrected chi connectivity index (χ0v) is 17.2. The molecule has 0 aromatic carbocycles. The number of piperazine rings is 1. The Hall–Kier alpha value is -3.20. The molecule has 1 atom stereocenters. The van der Waals surface area contributed by atoms with E-state index in [2.05, 4.69) is 38.0 Å². The van der Waals surface area contributed by atoms with E-state index >= 15 is 0 Å². The van der Waals surface area contributed by atoms with E-state index in [1.54, 1.807) is 17.3 Å². The number of ether oxygens (including phenoxy) is 1. The lowest BCUT2D eigenvalue weighted by Gasteiger charge is -2.37. The van der Waals surface area contributed by atoms with Gasteiger partial charge in [-0.05, 0) is 19.1 Å². The van der Waals surface area contributed by atoms with E-state index in [1.807, 2.05) is 19.2 Å². The summed E-state index contributed by atoms with van der Waals surface area (Å²) in [5, 5.41) is 8.07. The predicted octanol–water partition coefficient (Wildman–Crippen LogP) is 1.52. The van der Waals surface area contributed by atoms with E-state index in [0.29, 0.717) is 26.3 Å². The summed E-state index contributed by atoms with van der Waals surface area (Å²) >= 11 is 0. The van der Waals surface area contributed by atoms with E-state index in [-0.39, 0.29) is 11.9 Å². The van der Waals surface area contributed by atoms with Crippen LogP contribution in [0.5, 0.6) is 0 Å². The monoisotopic (exact) mass is 407 g/mol. The SMILES string of the molecule is C[C@@H]1COCCN1c1cc(N2CCN(C)C(=O)C2)c2ccnc(-c3ccn[nH]3)c2n1. The molecule has 0 saturated carbocycles. The van der Waals surface area contributed by atoms with Gasteiger partial charge in [-0.25, -0.2) is 4.98 Å². The summed E-state index contributed by atoms with van der Waals surface area (Å²) in [6.45, 7) is 6.10. The first-order chi connectivity index (χ1) is 14.6. The van der Waals surface area contributed by atoms with Crippen molar-refractivity contribution in [3.63, 3.8) is 0 Å². The fourth-order valence-electron chi connectivity index (χ4n) is 4.15. The van der Waals surface area contributed by atoms with Crippen LogP contribution < -0.4 is 9.80 Å². The Bertz CT molecular complexity index is 1070. The zero-order chi connectivity index (χ0) is 20.7. The van der Waals surface area contributed by atoms with Crippen molar-refractivity contribution in [1.82, 2.24) is 25.1 Å². The Balaban J connectivity index is 1.69. The van der Waals surface area contributed by atoms with Gasteiger partial charge in [0.25, 0.3) is 0 Å². The number of hydrogen-bond donors (Lipinski definition) is 1. The number of fused-ring (bicyclic) bond motifs is 1. The van der Waals surface area contributed by atoms with Gasteiger partial charge >= 0.3 is 0 Å². The molecular formula is C21H25N7O2. The average Bonchev–Trinajstić information content (AvgIpc) is 3.29. The largest absolute Gasteiger partial charge is 0.377 e. The molecule has 2 aliphatic heterocycles. The number of H-pyrrole nitrogens is 1. The Morgan fingerprint density at radius 2 is 2.10 bits per heavy atom. The third-order valence-corrected chi connectivity index (χ3v) is 5.91. The average molecular weight is 407 g/mol. The maximum absolute atomic E-state index is 12.4. The Morgan fingerprint density at radius 1 is 1.20 bits per heavy atom. The number of aromatic amines is 1. The third kappa shape index (κ3) is 3.24. The molecule has 3 aromatic heterocycles. The summed E-state index contributed by atoms with van der Waals surface area (Å²) in [4.78, 5) is 28.3. The fourth-order valence-corrected chi connectivity index (χ4v) is 4.15. The second-order valence-corrected chi connectivity index (χ2v) is 7.88. The smallest absolute Gasteiger partial charge is 0.241 e. The molecular weight excluding hydrogens is 382 g/mol. The van der Waals surface area contributed by atoms with Crippen molar-refractivity contribution in [2.24, 2.45) is 0 Å². The first-order valence-electron chi connectivity index (χ1n) is 10.2. The highest BCUT2D eigenvalue weighted by Crippen LogP contribution is 2.35. The molecule has 156 valence electrons. The molecule has 3 aromatic rings. The van der Waals surface area contributed by atoms with Gasteiger partial charge in [0.1, 0.15) is 17.0 Å². The van der Waals surface area contributed by atoms with Crippen LogP contribution in [-0.2, 0) is 9.53 Å². The summed E-state index contributed by atoms with van der Waals surface area (Å²) < 4.78 is 5.62. The number of amides is 1. The lowest BCUT2D eigenvalue weighted by molar-refractivity contribution is -0.129. The van der Waals surface area contributed by atoms with Gasteiger partial charge in [0.05, 0.1) is 37.2 Å². The number of nitrogens with one attached hydrogen (secondary N) is 1. The van der Waals surface area contributed by atoms with Crippen LogP contribution in [0.4, 0.5) is 11.5 Å². The number of pyridine rings is 2. The van der Waals surface area contributed by atoms with Crippen LogP contribution >= 0.6 is 0 Å². The number of likely N-dealkylation sites (N-methyl/N-ethyl adjacent to an activating group) is 1. The molecule has 2 aliphatic rings. The number of anilines is 2. The number of nitrogens with zero attached hydrogens (tertiary/aromatic N) is 6. The zero-order valence-electron chi connectivity index (χ0n) is 17.2. The van der Waals surface area contributed by atoms with Crippen LogP contribution in [0.3, 0.4) is 0 Å². The fraction of sp³-hybridized carbons (Fsp3) is 0.429. The van der Waals surface area contributed by atoms with Gasteiger partial charge in [-0.3, -0.25) is 14.9 Å². The summed E-state index contributed by atoms with van der Waals surface area (Å²) in [6, 6.07) is 6.21. The molecule has 1 N–H and O–H groups in total. The number of hydrogen-bond acceptors (Lipinski definition) is 7. The van der Waals surface area contributed by atoms with Crippen LogP contribution in [-0.4, -0.2) is 83.5 Å². The molecule has 0 aliphatic carbocycles. The molecule has 0 radical (unpaired) electrons. The molecule has 2 saturated heterocycles. The minimum atomic E-state index is 0.121. The Kier molecular flexibility index (Phi) is 4.74. The maximum Gasteiger partial charge on any atom is 0.241 e. The lowest BCUT2D eigenvalue weighted by Crippen LogP contribution is -2.49. The molecule has 5 heterocycles. The molecule has 0 bridgehead atoms. The highest BCUT2D eigenvalue weighted by molar-refractivity contribution is 6.01. The van der Waals surface area contributed by atoms with Gasteiger partial charge in [-0.2, -0.15) is 5.10 Å². The second kappa shape index (κ2) is 7.56. The number of carbonyl (C=O) groups excluding carboxylic acids is 1. The van der Waals surface area contributed by atoms with Crippen molar-refractivity contribution in [2.75, 3.05) is 56.2 Å². The quantitative estimate of drug-likeness (QED) is 0.704. The van der Waals surface area contributed by atoms with Gasteiger partial charge in [-0.1, -0.05) is 0 Å². The van der Waals surface area contributed by atoms with Crippen molar-refractivity contribution in [2.45, 2.75) is 13.0 Å². The number of carbonyl (C=O) groups is 1. The Labute approximate surface area is 174 Å². The molecule has 5 rings (SSSR count). The van der Waals surface area contributed by atoms with Crippen molar-refractivity contribution in [3.8, 4) is 11.4 Å². The van der Waals surface area contributed by atoms with Gasteiger partial charge in [0.15, 0.2) is 0 Å². The number of aromatic nitrogens is 4. The van der Waals surface area contributed by atoms with Crippen molar-refractivity contribution < 1.29 is 9.53 Å². The summed E-state index contributed by atoms with van der Waals surface area (Å²) in [6.07, 6.45) is 3.50. The molecule has 9 heteroatoms. The molecule has 9 nitrogen and oxygen atoms in total. The van der Waals surface area contributed by atoms with Gasteiger partial charge in [0, 0.05) is 50.5 Å². The molecule has 0 spiro atoms.